The summed E-state index contributed by atoms with van der Waals surface area (Å²) in [4.78, 5) is 1.72. The van der Waals surface area contributed by atoms with E-state index < -0.39 is 0 Å². The van der Waals surface area contributed by atoms with Crippen molar-refractivity contribution < 1.29 is 4.74 Å². The molecule has 0 aliphatic carbocycles. The van der Waals surface area contributed by atoms with E-state index in [2.05, 4.69) is 41.1 Å². The Kier molecular flexibility index (Phi) is 14.8. The lowest BCUT2D eigenvalue weighted by molar-refractivity contribution is 0.304. The van der Waals surface area contributed by atoms with Crippen molar-refractivity contribution in [3.05, 3.63) is 59.7 Å². The molecule has 0 aliphatic heterocycles. The Morgan fingerprint density at radius 1 is 0.615 bits per heavy atom. The molecule has 5 nitrogen and oxygen atoms in total. The van der Waals surface area contributed by atoms with E-state index in [9.17, 15) is 0 Å². The molecule has 2 aromatic carbocycles. The van der Waals surface area contributed by atoms with Crippen molar-refractivity contribution in [2.24, 2.45) is 0 Å². The minimum absolute atomic E-state index is 0.667. The third-order valence-corrected chi connectivity index (χ3v) is 7.03. The lowest BCUT2D eigenvalue weighted by atomic mass is 10.1. The smallest absolute Gasteiger partial charge is 0.204 e. The fourth-order valence-corrected chi connectivity index (χ4v) is 4.57. The van der Waals surface area contributed by atoms with Crippen molar-refractivity contribution >= 4 is 0 Å². The molecule has 39 heavy (non-hydrogen) atoms. The largest absolute Gasteiger partial charge is 0.494 e. The monoisotopic (exact) mass is 528 g/mol. The molecule has 0 bridgehead atoms. The van der Waals surface area contributed by atoms with Crippen molar-refractivity contribution in [2.45, 2.75) is 117 Å². The van der Waals surface area contributed by atoms with Crippen molar-refractivity contribution in [3.8, 4) is 29.0 Å². The van der Waals surface area contributed by atoms with Crippen LogP contribution in [0.3, 0.4) is 0 Å². The molecular weight excluding hydrogens is 480 g/mol. The van der Waals surface area contributed by atoms with E-state index in [1.165, 1.54) is 83.5 Å². The van der Waals surface area contributed by atoms with Gasteiger partial charge in [0, 0.05) is 16.7 Å². The van der Waals surface area contributed by atoms with Crippen molar-refractivity contribution in [1.82, 2.24) is 20.2 Å². The maximum absolute atomic E-state index is 5.90. The number of aromatic nitrogens is 4. The summed E-state index contributed by atoms with van der Waals surface area (Å²) in [6.07, 6.45) is 19.4. The van der Waals surface area contributed by atoms with Crippen LogP contribution in [-0.4, -0.2) is 26.8 Å². The molecule has 210 valence electrons. The normalized spacial score (nSPS) is 10.8. The molecule has 0 spiro atoms. The van der Waals surface area contributed by atoms with Crippen LogP contribution in [0.5, 0.6) is 5.75 Å². The van der Waals surface area contributed by atoms with Crippen LogP contribution >= 0.6 is 0 Å². The van der Waals surface area contributed by atoms with Gasteiger partial charge in [-0.2, -0.15) is 4.80 Å². The van der Waals surface area contributed by atoms with E-state index >= 15 is 0 Å². The second kappa shape index (κ2) is 19.0. The number of hydrogen-bond donors (Lipinski definition) is 0. The highest BCUT2D eigenvalue weighted by Crippen LogP contribution is 2.16. The quantitative estimate of drug-likeness (QED) is 0.115. The van der Waals surface area contributed by atoms with Gasteiger partial charge in [0.2, 0.25) is 5.82 Å². The summed E-state index contributed by atoms with van der Waals surface area (Å²) in [6.45, 7) is 6.13. The second-order valence-corrected chi connectivity index (χ2v) is 10.5. The Morgan fingerprint density at radius 3 is 1.72 bits per heavy atom. The molecule has 3 rings (SSSR count). The molecule has 0 saturated carbocycles. The molecule has 0 radical (unpaired) electrons. The fraction of sp³-hybridized carbons (Fsp3) is 0.559. The highest BCUT2D eigenvalue weighted by atomic mass is 16.5. The minimum Gasteiger partial charge on any atom is -0.494 e. The van der Waals surface area contributed by atoms with Crippen molar-refractivity contribution in [1.29, 1.82) is 0 Å². The summed E-state index contributed by atoms with van der Waals surface area (Å²) in [5, 5.41) is 13.0. The van der Waals surface area contributed by atoms with E-state index in [1.807, 2.05) is 48.5 Å². The topological polar surface area (TPSA) is 52.8 Å². The first-order chi connectivity index (χ1) is 19.3. The van der Waals surface area contributed by atoms with Crippen LogP contribution in [0.1, 0.15) is 121 Å². The van der Waals surface area contributed by atoms with Crippen molar-refractivity contribution in [2.75, 3.05) is 6.61 Å². The van der Waals surface area contributed by atoms with E-state index in [4.69, 9.17) is 4.74 Å². The molecule has 0 saturated heterocycles. The number of ether oxygens (including phenoxy) is 1. The SMILES string of the molecule is CCCCCCCCCCOc1ccc(C#Cc2ccc(-c3nnn(CCCCCCCCC)n3)cc2)cc1. The average Bonchev–Trinajstić information content (AvgIpc) is 3.44. The van der Waals surface area contributed by atoms with Crippen LogP contribution in [0.4, 0.5) is 0 Å². The predicted octanol–water partition coefficient (Wildman–Crippen LogP) is 9.01. The standard InChI is InChI=1S/C34H48N4O/c1-3-5-7-9-11-13-15-17-29-39-33-26-22-31(23-27-33)19-18-30-20-24-32(25-21-30)34-35-37-38(36-34)28-16-14-12-10-8-6-4-2/h20-27H,3-17,28-29H2,1-2H3. The number of hydrogen-bond acceptors (Lipinski definition) is 4. The number of tetrazole rings is 1. The molecule has 0 fully saturated rings. The van der Waals surface area contributed by atoms with Gasteiger partial charge in [-0.1, -0.05) is 109 Å². The summed E-state index contributed by atoms with van der Waals surface area (Å²) in [5.74, 6) is 8.08. The Bertz CT molecular complexity index is 1090. The zero-order chi connectivity index (χ0) is 27.4. The average molecular weight is 529 g/mol. The van der Waals surface area contributed by atoms with E-state index in [-0.39, 0.29) is 0 Å². The molecule has 0 aliphatic rings. The fourth-order valence-electron chi connectivity index (χ4n) is 4.57. The number of benzene rings is 2. The van der Waals surface area contributed by atoms with Crippen LogP contribution in [0, 0.1) is 11.8 Å². The Morgan fingerprint density at radius 2 is 1.13 bits per heavy atom. The first-order valence-corrected chi connectivity index (χ1v) is 15.4. The lowest BCUT2D eigenvalue weighted by Gasteiger charge is -2.06. The predicted molar refractivity (Wildman–Crippen MR) is 162 cm³/mol. The van der Waals surface area contributed by atoms with Gasteiger partial charge in [-0.15, -0.1) is 10.2 Å². The summed E-state index contributed by atoms with van der Waals surface area (Å²) >= 11 is 0. The van der Waals surface area contributed by atoms with Gasteiger partial charge >= 0.3 is 0 Å². The summed E-state index contributed by atoms with van der Waals surface area (Å²) in [5.41, 5.74) is 2.90. The molecule has 1 aromatic heterocycles. The summed E-state index contributed by atoms with van der Waals surface area (Å²) in [7, 11) is 0. The van der Waals surface area contributed by atoms with Gasteiger partial charge in [-0.3, -0.25) is 0 Å². The molecule has 0 atom stereocenters. The summed E-state index contributed by atoms with van der Waals surface area (Å²) in [6, 6.07) is 16.1. The Hall–Kier alpha value is -3.13. The van der Waals surface area contributed by atoms with Gasteiger partial charge in [-0.05, 0) is 66.6 Å². The number of aryl methyl sites for hydroxylation is 1. The molecule has 1 heterocycles. The molecule has 0 amide bonds. The Balaban J connectivity index is 1.36. The van der Waals surface area contributed by atoms with Crippen LogP contribution < -0.4 is 4.74 Å². The van der Waals surface area contributed by atoms with Gasteiger partial charge in [0.05, 0.1) is 13.2 Å². The maximum Gasteiger partial charge on any atom is 0.204 e. The van der Waals surface area contributed by atoms with Gasteiger partial charge in [-0.25, -0.2) is 0 Å². The second-order valence-electron chi connectivity index (χ2n) is 10.5. The third-order valence-electron chi connectivity index (χ3n) is 7.03. The third kappa shape index (κ3) is 12.5. The number of nitrogens with zero attached hydrogens (tertiary/aromatic N) is 4. The lowest BCUT2D eigenvalue weighted by Crippen LogP contribution is -2.02. The van der Waals surface area contributed by atoms with Crippen LogP contribution in [-0.2, 0) is 6.54 Å². The zero-order valence-corrected chi connectivity index (χ0v) is 24.3. The Labute approximate surface area is 236 Å². The van der Waals surface area contributed by atoms with E-state index in [0.29, 0.717) is 5.82 Å². The van der Waals surface area contributed by atoms with Crippen LogP contribution in [0.15, 0.2) is 48.5 Å². The van der Waals surface area contributed by atoms with Gasteiger partial charge < -0.3 is 4.74 Å². The van der Waals surface area contributed by atoms with Crippen molar-refractivity contribution in [3.63, 3.8) is 0 Å². The van der Waals surface area contributed by atoms with Gasteiger partial charge in [0.15, 0.2) is 0 Å². The van der Waals surface area contributed by atoms with E-state index in [0.717, 1.165) is 48.4 Å². The molecule has 3 aromatic rings. The van der Waals surface area contributed by atoms with Crippen LogP contribution in [0.2, 0.25) is 0 Å². The zero-order valence-electron chi connectivity index (χ0n) is 24.3. The highest BCUT2D eigenvalue weighted by Gasteiger charge is 2.06. The molecule has 0 N–H and O–H groups in total. The number of unbranched alkanes of at least 4 members (excludes halogenated alkanes) is 13. The molecular formula is C34H48N4O. The number of rotatable bonds is 19. The van der Waals surface area contributed by atoms with Gasteiger partial charge in [0.25, 0.3) is 0 Å². The first-order valence-electron chi connectivity index (χ1n) is 15.4. The highest BCUT2D eigenvalue weighted by molar-refractivity contribution is 5.56. The minimum atomic E-state index is 0.667. The summed E-state index contributed by atoms with van der Waals surface area (Å²) < 4.78 is 5.90. The first kappa shape index (κ1) is 30.4. The molecule has 0 unspecified atom stereocenters. The van der Waals surface area contributed by atoms with Gasteiger partial charge in [0.1, 0.15) is 5.75 Å². The molecule has 5 heteroatoms. The maximum atomic E-state index is 5.90. The van der Waals surface area contributed by atoms with Crippen LogP contribution in [0.25, 0.3) is 11.4 Å². The van der Waals surface area contributed by atoms with E-state index in [1.54, 1.807) is 4.80 Å².